The van der Waals surface area contributed by atoms with Crippen molar-refractivity contribution in [3.8, 4) is 0 Å². The zero-order valence-corrected chi connectivity index (χ0v) is 21.4. The number of anilines is 2. The molecule has 1 aliphatic heterocycles. The molecule has 3 aliphatic rings. The van der Waals surface area contributed by atoms with Gasteiger partial charge in [0.25, 0.3) is 11.8 Å². The highest BCUT2D eigenvalue weighted by atomic mass is 16.2. The van der Waals surface area contributed by atoms with Gasteiger partial charge in [0.1, 0.15) is 0 Å². The van der Waals surface area contributed by atoms with E-state index in [4.69, 9.17) is 0 Å². The van der Waals surface area contributed by atoms with Gasteiger partial charge in [-0.2, -0.15) is 0 Å². The van der Waals surface area contributed by atoms with Crippen LogP contribution in [0.2, 0.25) is 0 Å². The summed E-state index contributed by atoms with van der Waals surface area (Å²) in [6, 6.07) is 13.8. The number of hydrogen-bond donors (Lipinski definition) is 1. The van der Waals surface area contributed by atoms with Crippen molar-refractivity contribution in [2.75, 3.05) is 17.3 Å². The summed E-state index contributed by atoms with van der Waals surface area (Å²) in [6.07, 6.45) is 8.85. The van der Waals surface area contributed by atoms with Crippen LogP contribution in [-0.4, -0.2) is 41.6 Å². The minimum absolute atomic E-state index is 0.0108. The largest absolute Gasteiger partial charge is 0.339 e. The first-order valence-electron chi connectivity index (χ1n) is 13.2. The summed E-state index contributed by atoms with van der Waals surface area (Å²) in [5.41, 5.74) is 3.05. The van der Waals surface area contributed by atoms with E-state index in [1.807, 2.05) is 24.9 Å². The van der Waals surface area contributed by atoms with E-state index in [2.05, 4.69) is 5.32 Å². The minimum atomic E-state index is -0.353. The fourth-order valence-corrected chi connectivity index (χ4v) is 5.82. The molecule has 0 aromatic heterocycles. The average molecular weight is 500 g/mol. The van der Waals surface area contributed by atoms with Gasteiger partial charge in [-0.3, -0.25) is 24.1 Å². The Bertz CT molecular complexity index is 1260. The molecule has 7 heteroatoms. The molecule has 0 unspecified atom stereocenters. The third kappa shape index (κ3) is 4.95. The standard InChI is InChI=1S/C30H33N3O4/c1-19-11-16-25-26(17-19)30(37)33(29(25)36)24-10-6-7-21(18-24)27(34)31-22-14-12-20(13-15-22)28(35)32(2)23-8-4-3-5-9-23/h6-7,10-15,18,23,25-26H,3-5,8-9,16-17H2,1-2H3,(H,31,34)/t25-,26+/m1/s1. The summed E-state index contributed by atoms with van der Waals surface area (Å²) in [7, 11) is 1.86. The second kappa shape index (κ2) is 10.3. The molecule has 2 atom stereocenters. The molecule has 2 aromatic carbocycles. The second-order valence-electron chi connectivity index (χ2n) is 10.5. The number of rotatable bonds is 5. The van der Waals surface area contributed by atoms with Gasteiger partial charge in [-0.25, -0.2) is 0 Å². The van der Waals surface area contributed by atoms with E-state index in [0.717, 1.165) is 31.3 Å². The van der Waals surface area contributed by atoms with Crippen LogP contribution in [0.3, 0.4) is 0 Å². The molecule has 2 fully saturated rings. The fraction of sp³-hybridized carbons (Fsp3) is 0.400. The van der Waals surface area contributed by atoms with E-state index >= 15 is 0 Å². The number of imide groups is 1. The van der Waals surface area contributed by atoms with Crippen LogP contribution in [0.1, 0.15) is 72.6 Å². The van der Waals surface area contributed by atoms with Gasteiger partial charge in [0.15, 0.2) is 0 Å². The molecule has 0 radical (unpaired) electrons. The molecule has 0 spiro atoms. The summed E-state index contributed by atoms with van der Waals surface area (Å²) in [5, 5.41) is 2.85. The molecule has 2 aromatic rings. The van der Waals surface area contributed by atoms with E-state index in [1.54, 1.807) is 48.5 Å². The number of amides is 4. The van der Waals surface area contributed by atoms with Crippen molar-refractivity contribution in [2.24, 2.45) is 11.8 Å². The lowest BCUT2D eigenvalue weighted by molar-refractivity contribution is -0.122. The molecule has 1 heterocycles. The lowest BCUT2D eigenvalue weighted by Crippen LogP contribution is -2.38. The molecule has 1 saturated heterocycles. The normalized spacial score (nSPS) is 21.9. The maximum Gasteiger partial charge on any atom is 0.255 e. The number of benzene rings is 2. The molecule has 37 heavy (non-hydrogen) atoms. The molecular weight excluding hydrogens is 466 g/mol. The summed E-state index contributed by atoms with van der Waals surface area (Å²) in [5.74, 6) is -1.41. The highest BCUT2D eigenvalue weighted by Crippen LogP contribution is 2.39. The highest BCUT2D eigenvalue weighted by Gasteiger charge is 2.48. The van der Waals surface area contributed by atoms with Gasteiger partial charge in [0, 0.05) is 29.9 Å². The van der Waals surface area contributed by atoms with Gasteiger partial charge in [0.2, 0.25) is 11.8 Å². The molecule has 192 valence electrons. The first-order valence-corrected chi connectivity index (χ1v) is 13.2. The van der Waals surface area contributed by atoms with Gasteiger partial charge in [-0.1, -0.05) is 37.0 Å². The molecule has 5 rings (SSSR count). The van der Waals surface area contributed by atoms with E-state index in [1.165, 1.54) is 11.3 Å². The quantitative estimate of drug-likeness (QED) is 0.453. The maximum atomic E-state index is 13.1. The van der Waals surface area contributed by atoms with E-state index in [0.29, 0.717) is 35.3 Å². The van der Waals surface area contributed by atoms with Crippen LogP contribution in [0.25, 0.3) is 0 Å². The van der Waals surface area contributed by atoms with Crippen LogP contribution in [0, 0.1) is 11.8 Å². The Morgan fingerprint density at radius 1 is 0.919 bits per heavy atom. The van der Waals surface area contributed by atoms with E-state index in [9.17, 15) is 19.2 Å². The van der Waals surface area contributed by atoms with Crippen LogP contribution >= 0.6 is 0 Å². The SMILES string of the molecule is CC1=CC[C@H]2C(=O)N(c3cccc(C(=O)Nc4ccc(C(=O)N(C)C5CCCCC5)cc4)c3)C(=O)[C@H]2C1. The smallest absolute Gasteiger partial charge is 0.255 e. The summed E-state index contributed by atoms with van der Waals surface area (Å²) in [4.78, 5) is 55.0. The zero-order valence-electron chi connectivity index (χ0n) is 21.4. The van der Waals surface area contributed by atoms with Crippen LogP contribution < -0.4 is 10.2 Å². The number of nitrogens with zero attached hydrogens (tertiary/aromatic N) is 2. The number of carbonyl (C=O) groups is 4. The molecule has 1 N–H and O–H groups in total. The molecule has 7 nitrogen and oxygen atoms in total. The number of carbonyl (C=O) groups excluding carboxylic acids is 4. The van der Waals surface area contributed by atoms with Gasteiger partial charge in [0.05, 0.1) is 17.5 Å². The van der Waals surface area contributed by atoms with Crippen molar-refractivity contribution >= 4 is 35.0 Å². The van der Waals surface area contributed by atoms with Crippen LogP contribution in [-0.2, 0) is 9.59 Å². The van der Waals surface area contributed by atoms with Crippen molar-refractivity contribution < 1.29 is 19.2 Å². The van der Waals surface area contributed by atoms with Crippen molar-refractivity contribution in [2.45, 2.75) is 57.9 Å². The first-order chi connectivity index (χ1) is 17.8. The van der Waals surface area contributed by atoms with Gasteiger partial charge in [-0.15, -0.1) is 0 Å². The number of fused-ring (bicyclic) bond motifs is 1. The van der Waals surface area contributed by atoms with E-state index in [-0.39, 0.29) is 41.5 Å². The van der Waals surface area contributed by atoms with Gasteiger partial charge < -0.3 is 10.2 Å². The Kier molecular flexibility index (Phi) is 6.96. The van der Waals surface area contributed by atoms with E-state index < -0.39 is 0 Å². The van der Waals surface area contributed by atoms with Crippen molar-refractivity contribution in [3.63, 3.8) is 0 Å². The average Bonchev–Trinajstić information content (AvgIpc) is 3.17. The lowest BCUT2D eigenvalue weighted by Gasteiger charge is -2.31. The number of allylic oxidation sites excluding steroid dienone is 2. The Balaban J connectivity index is 1.26. The van der Waals surface area contributed by atoms with Crippen molar-refractivity contribution in [1.29, 1.82) is 0 Å². The van der Waals surface area contributed by atoms with Gasteiger partial charge >= 0.3 is 0 Å². The Morgan fingerprint density at radius 2 is 1.62 bits per heavy atom. The monoisotopic (exact) mass is 499 g/mol. The Morgan fingerprint density at radius 3 is 2.35 bits per heavy atom. The summed E-state index contributed by atoms with van der Waals surface area (Å²) < 4.78 is 0. The topological polar surface area (TPSA) is 86.8 Å². The number of nitrogens with one attached hydrogen (secondary N) is 1. The number of hydrogen-bond acceptors (Lipinski definition) is 4. The summed E-state index contributed by atoms with van der Waals surface area (Å²) >= 11 is 0. The molecule has 0 bridgehead atoms. The molecule has 2 aliphatic carbocycles. The Labute approximate surface area is 217 Å². The van der Waals surface area contributed by atoms with Crippen LogP contribution in [0.5, 0.6) is 0 Å². The van der Waals surface area contributed by atoms with Crippen LogP contribution in [0.4, 0.5) is 11.4 Å². The second-order valence-corrected chi connectivity index (χ2v) is 10.5. The van der Waals surface area contributed by atoms with Crippen molar-refractivity contribution in [3.05, 3.63) is 71.3 Å². The predicted molar refractivity (Wildman–Crippen MR) is 142 cm³/mol. The minimum Gasteiger partial charge on any atom is -0.339 e. The third-order valence-electron chi connectivity index (χ3n) is 8.02. The third-order valence-corrected chi connectivity index (χ3v) is 8.02. The van der Waals surface area contributed by atoms with Gasteiger partial charge in [-0.05, 0) is 75.1 Å². The molecule has 4 amide bonds. The Hall–Kier alpha value is -3.74. The maximum absolute atomic E-state index is 13.1. The highest BCUT2D eigenvalue weighted by molar-refractivity contribution is 6.22. The first kappa shape index (κ1) is 24.9. The predicted octanol–water partition coefficient (Wildman–Crippen LogP) is 5.19. The lowest BCUT2D eigenvalue weighted by atomic mass is 9.82. The molecule has 1 saturated carbocycles. The fourth-order valence-electron chi connectivity index (χ4n) is 5.82. The molecular formula is C30H33N3O4. The summed E-state index contributed by atoms with van der Waals surface area (Å²) in [6.45, 7) is 1.99. The van der Waals surface area contributed by atoms with Crippen molar-refractivity contribution in [1.82, 2.24) is 4.90 Å². The zero-order chi connectivity index (χ0) is 26.1. The van der Waals surface area contributed by atoms with Crippen LogP contribution in [0.15, 0.2) is 60.2 Å².